The number of hydrogen-bond donors (Lipinski definition) is 2. The van der Waals surface area contributed by atoms with Gasteiger partial charge in [0.15, 0.2) is 5.11 Å². The summed E-state index contributed by atoms with van der Waals surface area (Å²) in [5.74, 6) is 0. The maximum Gasteiger partial charge on any atom is 0.186 e. The van der Waals surface area contributed by atoms with Gasteiger partial charge in [-0.1, -0.05) is 43.2 Å². The predicted molar refractivity (Wildman–Crippen MR) is 108 cm³/mol. The summed E-state index contributed by atoms with van der Waals surface area (Å²) in [6.45, 7) is 9.92. The van der Waals surface area contributed by atoms with Crippen LogP contribution in [0.4, 0.5) is 0 Å². The summed E-state index contributed by atoms with van der Waals surface area (Å²) < 4.78 is 2.01. The van der Waals surface area contributed by atoms with Crippen molar-refractivity contribution in [2.75, 3.05) is 6.54 Å². The van der Waals surface area contributed by atoms with Crippen LogP contribution in [0.1, 0.15) is 47.8 Å². The van der Waals surface area contributed by atoms with Gasteiger partial charge in [0.2, 0.25) is 0 Å². The Bertz CT molecular complexity index is 731. The highest BCUT2D eigenvalue weighted by Crippen LogP contribution is 2.13. The molecule has 0 fully saturated rings. The maximum atomic E-state index is 5.19. The van der Waals surface area contributed by atoms with Gasteiger partial charge >= 0.3 is 0 Å². The minimum atomic E-state index is 0.548. The summed E-state index contributed by atoms with van der Waals surface area (Å²) in [5, 5.41) is 12.6. The molecule has 0 saturated carbocycles. The highest BCUT2D eigenvalue weighted by Gasteiger charge is 2.10. The molecule has 0 atom stereocenters. The van der Waals surface area contributed by atoms with E-state index < -0.39 is 0 Å². The summed E-state index contributed by atoms with van der Waals surface area (Å²) in [7, 11) is 0. The van der Waals surface area contributed by atoms with Gasteiger partial charge in [0.1, 0.15) is 0 Å². The zero-order valence-electron chi connectivity index (χ0n) is 15.5. The lowest BCUT2D eigenvalue weighted by Crippen LogP contribution is -2.32. The first-order chi connectivity index (χ1) is 12.0. The van der Waals surface area contributed by atoms with Gasteiger partial charge in [-0.05, 0) is 45.0 Å². The molecule has 1 heterocycles. The van der Waals surface area contributed by atoms with E-state index in [0.717, 1.165) is 42.9 Å². The number of nitrogens with zero attached hydrogens (tertiary/aromatic N) is 3. The van der Waals surface area contributed by atoms with E-state index in [-0.39, 0.29) is 0 Å². The number of thiocarbonyl (C=S) groups is 1. The van der Waals surface area contributed by atoms with Gasteiger partial charge in [0.25, 0.3) is 0 Å². The number of hydrazone groups is 1. The molecule has 0 aliphatic carbocycles. The van der Waals surface area contributed by atoms with Gasteiger partial charge in [-0.3, -0.25) is 10.1 Å². The summed E-state index contributed by atoms with van der Waals surface area (Å²) in [5.41, 5.74) is 8.43. The molecule has 25 heavy (non-hydrogen) atoms. The van der Waals surface area contributed by atoms with Crippen molar-refractivity contribution in [3.05, 3.63) is 52.3 Å². The number of nitrogens with one attached hydrogen (secondary N) is 2. The van der Waals surface area contributed by atoms with Crippen LogP contribution < -0.4 is 10.7 Å². The Morgan fingerprint density at radius 2 is 1.96 bits per heavy atom. The summed E-state index contributed by atoms with van der Waals surface area (Å²) in [6, 6.07) is 8.53. The van der Waals surface area contributed by atoms with Crippen LogP contribution in [0.2, 0.25) is 0 Å². The average Bonchev–Trinajstić information content (AvgIpc) is 2.84. The number of benzene rings is 1. The van der Waals surface area contributed by atoms with E-state index in [1.165, 1.54) is 11.1 Å². The summed E-state index contributed by atoms with van der Waals surface area (Å²) in [6.07, 6.45) is 4.02. The SMILES string of the molecule is CCCCNC(=S)N/N=C\c1c(C)nn(Cc2ccc(C)cc2)c1C. The maximum absolute atomic E-state index is 5.19. The van der Waals surface area contributed by atoms with Gasteiger partial charge < -0.3 is 5.32 Å². The Labute approximate surface area is 155 Å². The molecule has 0 spiro atoms. The number of aromatic nitrogens is 2. The van der Waals surface area contributed by atoms with Crippen LogP contribution in [0, 0.1) is 20.8 Å². The van der Waals surface area contributed by atoms with E-state index in [1.54, 1.807) is 6.21 Å². The third-order valence-corrected chi connectivity index (χ3v) is 4.30. The molecule has 6 heteroatoms. The molecule has 0 bridgehead atoms. The van der Waals surface area contributed by atoms with Crippen LogP contribution in [-0.2, 0) is 6.54 Å². The van der Waals surface area contributed by atoms with Crippen molar-refractivity contribution in [2.24, 2.45) is 5.10 Å². The van der Waals surface area contributed by atoms with E-state index in [9.17, 15) is 0 Å². The van der Waals surface area contributed by atoms with Crippen LogP contribution in [-0.4, -0.2) is 27.7 Å². The standard InChI is InChI=1S/C19H27N5S/c1-5-6-11-20-19(25)22-21-12-18-15(3)23-24(16(18)4)13-17-9-7-14(2)8-10-17/h7-10,12H,5-6,11,13H2,1-4H3,(H2,20,22,25)/b21-12-. The monoisotopic (exact) mass is 357 g/mol. The molecule has 0 amide bonds. The van der Waals surface area contributed by atoms with Gasteiger partial charge in [0.05, 0.1) is 18.5 Å². The minimum Gasteiger partial charge on any atom is -0.361 e. The largest absolute Gasteiger partial charge is 0.361 e. The van der Waals surface area contributed by atoms with E-state index in [1.807, 2.05) is 11.6 Å². The second-order valence-electron chi connectivity index (χ2n) is 6.21. The highest BCUT2D eigenvalue weighted by molar-refractivity contribution is 7.80. The molecule has 134 valence electrons. The number of hydrogen-bond acceptors (Lipinski definition) is 3. The average molecular weight is 358 g/mol. The first-order valence-electron chi connectivity index (χ1n) is 8.67. The van der Waals surface area contributed by atoms with Crippen molar-refractivity contribution in [3.63, 3.8) is 0 Å². The molecule has 0 saturated heterocycles. The number of rotatable bonds is 7. The van der Waals surface area contributed by atoms with Crippen molar-refractivity contribution in [1.29, 1.82) is 0 Å². The van der Waals surface area contributed by atoms with Gasteiger partial charge in [0, 0.05) is 17.8 Å². The third kappa shape index (κ3) is 5.67. The van der Waals surface area contributed by atoms with Crippen molar-refractivity contribution >= 4 is 23.5 Å². The number of unbranched alkanes of at least 4 members (excludes halogenated alkanes) is 1. The van der Waals surface area contributed by atoms with Crippen LogP contribution in [0.25, 0.3) is 0 Å². The Morgan fingerprint density at radius 3 is 2.64 bits per heavy atom. The molecule has 0 aliphatic heterocycles. The molecule has 2 rings (SSSR count). The molecule has 2 N–H and O–H groups in total. The van der Waals surface area contributed by atoms with Crippen LogP contribution in [0.15, 0.2) is 29.4 Å². The molecular weight excluding hydrogens is 330 g/mol. The van der Waals surface area contributed by atoms with E-state index in [4.69, 9.17) is 12.2 Å². The molecule has 0 unspecified atom stereocenters. The van der Waals surface area contributed by atoms with E-state index >= 15 is 0 Å². The molecule has 1 aromatic carbocycles. The minimum absolute atomic E-state index is 0.548. The zero-order chi connectivity index (χ0) is 18.2. The Morgan fingerprint density at radius 1 is 1.24 bits per heavy atom. The van der Waals surface area contributed by atoms with Crippen molar-refractivity contribution in [3.8, 4) is 0 Å². The molecule has 2 aromatic rings. The Hall–Kier alpha value is -2.21. The van der Waals surface area contributed by atoms with Gasteiger partial charge in [-0.2, -0.15) is 10.2 Å². The van der Waals surface area contributed by atoms with Crippen molar-refractivity contribution in [2.45, 2.75) is 47.1 Å². The Balaban J connectivity index is 2.00. The fourth-order valence-corrected chi connectivity index (χ4v) is 2.65. The van der Waals surface area contributed by atoms with Gasteiger partial charge in [-0.15, -0.1) is 0 Å². The lowest BCUT2D eigenvalue weighted by molar-refractivity contribution is 0.659. The quantitative estimate of drug-likeness (QED) is 0.345. The van der Waals surface area contributed by atoms with E-state index in [0.29, 0.717) is 5.11 Å². The second-order valence-corrected chi connectivity index (χ2v) is 6.62. The Kier molecular flexibility index (Phi) is 7.13. The third-order valence-electron chi connectivity index (χ3n) is 4.07. The van der Waals surface area contributed by atoms with Gasteiger partial charge in [-0.25, -0.2) is 0 Å². The highest BCUT2D eigenvalue weighted by atomic mass is 32.1. The lowest BCUT2D eigenvalue weighted by Gasteiger charge is -2.06. The second kappa shape index (κ2) is 9.32. The van der Waals surface area contributed by atoms with Crippen LogP contribution in [0.5, 0.6) is 0 Å². The predicted octanol–water partition coefficient (Wildman–Crippen LogP) is 3.45. The molecular formula is C19H27N5S. The fraction of sp³-hybridized carbons (Fsp3) is 0.421. The normalized spacial score (nSPS) is 11.0. The fourth-order valence-electron chi connectivity index (χ4n) is 2.49. The van der Waals surface area contributed by atoms with Crippen LogP contribution in [0.3, 0.4) is 0 Å². The first kappa shape index (κ1) is 19.1. The first-order valence-corrected chi connectivity index (χ1v) is 9.08. The molecule has 5 nitrogen and oxygen atoms in total. The van der Waals surface area contributed by atoms with Crippen LogP contribution >= 0.6 is 12.2 Å². The lowest BCUT2D eigenvalue weighted by atomic mass is 10.1. The topological polar surface area (TPSA) is 54.2 Å². The van der Waals surface area contributed by atoms with E-state index in [2.05, 4.69) is 66.0 Å². The van der Waals surface area contributed by atoms with Crippen molar-refractivity contribution < 1.29 is 0 Å². The molecule has 0 radical (unpaired) electrons. The smallest absolute Gasteiger partial charge is 0.186 e. The molecule has 0 aliphatic rings. The summed E-state index contributed by atoms with van der Waals surface area (Å²) in [4.78, 5) is 0. The number of aryl methyl sites for hydroxylation is 2. The zero-order valence-corrected chi connectivity index (χ0v) is 16.3. The summed E-state index contributed by atoms with van der Waals surface area (Å²) >= 11 is 5.19. The molecule has 1 aromatic heterocycles. The van der Waals surface area contributed by atoms with Crippen molar-refractivity contribution in [1.82, 2.24) is 20.5 Å².